The van der Waals surface area contributed by atoms with Gasteiger partial charge in [-0.2, -0.15) is 0 Å². The van der Waals surface area contributed by atoms with Crippen LogP contribution in [0.1, 0.15) is 12.5 Å². The highest BCUT2D eigenvalue weighted by Gasteiger charge is 2.22. The number of nitrogens with one attached hydrogen (secondary N) is 3. The fourth-order valence-corrected chi connectivity index (χ4v) is 3.41. The van der Waals surface area contributed by atoms with Crippen molar-refractivity contribution in [1.29, 1.82) is 0 Å². The number of benzene rings is 2. The van der Waals surface area contributed by atoms with Crippen molar-refractivity contribution in [1.82, 2.24) is 30.5 Å². The predicted octanol–water partition coefficient (Wildman–Crippen LogP) is 2.04. The lowest BCUT2D eigenvalue weighted by Crippen LogP contribution is -2.44. The van der Waals surface area contributed by atoms with E-state index in [4.69, 9.17) is 0 Å². The van der Waals surface area contributed by atoms with E-state index in [1.807, 2.05) is 42.6 Å². The van der Waals surface area contributed by atoms with E-state index < -0.39 is 6.04 Å². The molecule has 2 heterocycles. The first kappa shape index (κ1) is 19.3. The van der Waals surface area contributed by atoms with Gasteiger partial charge in [0, 0.05) is 48.7 Å². The predicted molar refractivity (Wildman–Crippen MR) is 112 cm³/mol. The highest BCUT2D eigenvalue weighted by atomic mass is 16.2. The quantitative estimate of drug-likeness (QED) is 0.455. The van der Waals surface area contributed by atoms with E-state index in [0.29, 0.717) is 17.9 Å². The standard InChI is InChI=1S/C21H21N7O2/c1-13(29)23-19(11-15-12-22-18-9-4-3-8-17(15)18)21(30)24-16-7-5-6-14(10-16)20-25-26-27-28(20)2/h3-10,12,19,22H,11H2,1-2H3,(H,23,29)(H,24,30)/t19-/m0/s1. The number of aromatic amines is 1. The van der Waals surface area contributed by atoms with Gasteiger partial charge in [0.25, 0.3) is 0 Å². The molecule has 2 aromatic carbocycles. The molecule has 0 fully saturated rings. The van der Waals surface area contributed by atoms with Gasteiger partial charge in [-0.15, -0.1) is 5.10 Å². The summed E-state index contributed by atoms with van der Waals surface area (Å²) in [7, 11) is 1.74. The fourth-order valence-electron chi connectivity index (χ4n) is 3.41. The van der Waals surface area contributed by atoms with Crippen molar-refractivity contribution in [3.05, 3.63) is 60.3 Å². The number of para-hydroxylation sites is 1. The van der Waals surface area contributed by atoms with E-state index in [1.54, 1.807) is 23.9 Å². The molecule has 0 radical (unpaired) electrons. The molecule has 0 bridgehead atoms. The van der Waals surface area contributed by atoms with Crippen molar-refractivity contribution in [2.75, 3.05) is 5.32 Å². The van der Waals surface area contributed by atoms with Gasteiger partial charge in [0.1, 0.15) is 6.04 Å². The summed E-state index contributed by atoms with van der Waals surface area (Å²) >= 11 is 0. The molecule has 152 valence electrons. The van der Waals surface area contributed by atoms with Crippen LogP contribution in [0, 0.1) is 0 Å². The minimum absolute atomic E-state index is 0.270. The smallest absolute Gasteiger partial charge is 0.247 e. The van der Waals surface area contributed by atoms with Crippen LogP contribution in [-0.4, -0.2) is 43.0 Å². The number of aryl methyl sites for hydroxylation is 1. The summed E-state index contributed by atoms with van der Waals surface area (Å²) in [5, 5.41) is 18.1. The summed E-state index contributed by atoms with van der Waals surface area (Å²) < 4.78 is 1.55. The number of fused-ring (bicyclic) bond motifs is 1. The Morgan fingerprint density at radius 1 is 1.17 bits per heavy atom. The van der Waals surface area contributed by atoms with Gasteiger partial charge in [-0.05, 0) is 34.2 Å². The molecule has 30 heavy (non-hydrogen) atoms. The lowest BCUT2D eigenvalue weighted by Gasteiger charge is -2.18. The average molecular weight is 403 g/mol. The highest BCUT2D eigenvalue weighted by molar-refractivity contribution is 5.98. The van der Waals surface area contributed by atoms with Gasteiger partial charge in [0.05, 0.1) is 0 Å². The van der Waals surface area contributed by atoms with Gasteiger partial charge in [-0.3, -0.25) is 9.59 Å². The van der Waals surface area contributed by atoms with Crippen molar-refractivity contribution in [3.63, 3.8) is 0 Å². The van der Waals surface area contributed by atoms with E-state index in [1.165, 1.54) is 6.92 Å². The van der Waals surface area contributed by atoms with E-state index in [-0.39, 0.29) is 11.8 Å². The summed E-state index contributed by atoms with van der Waals surface area (Å²) in [5.41, 5.74) is 3.31. The van der Waals surface area contributed by atoms with Crippen LogP contribution in [0.15, 0.2) is 54.7 Å². The topological polar surface area (TPSA) is 118 Å². The number of anilines is 1. The third-order valence-corrected chi connectivity index (χ3v) is 4.80. The van der Waals surface area contributed by atoms with Gasteiger partial charge in [-0.25, -0.2) is 4.68 Å². The van der Waals surface area contributed by atoms with Gasteiger partial charge < -0.3 is 15.6 Å². The Morgan fingerprint density at radius 3 is 2.77 bits per heavy atom. The molecular formula is C21H21N7O2. The maximum atomic E-state index is 13.0. The largest absolute Gasteiger partial charge is 0.361 e. The summed E-state index contributed by atoms with van der Waals surface area (Å²) in [6.45, 7) is 1.40. The van der Waals surface area contributed by atoms with Crippen LogP contribution in [0.5, 0.6) is 0 Å². The summed E-state index contributed by atoms with van der Waals surface area (Å²) in [5.74, 6) is 0.0147. The first-order chi connectivity index (χ1) is 14.5. The number of hydrogen-bond donors (Lipinski definition) is 3. The molecule has 4 aromatic rings. The Hall–Kier alpha value is -4.01. The molecule has 1 atom stereocenters. The van der Waals surface area contributed by atoms with Crippen molar-refractivity contribution in [3.8, 4) is 11.4 Å². The minimum atomic E-state index is -0.721. The Kier molecular flexibility index (Phi) is 5.25. The zero-order chi connectivity index (χ0) is 21.1. The zero-order valence-corrected chi connectivity index (χ0v) is 16.6. The minimum Gasteiger partial charge on any atom is -0.361 e. The van der Waals surface area contributed by atoms with E-state index in [9.17, 15) is 9.59 Å². The average Bonchev–Trinajstić information content (AvgIpc) is 3.34. The third-order valence-electron chi connectivity index (χ3n) is 4.80. The first-order valence-electron chi connectivity index (χ1n) is 9.47. The number of carbonyl (C=O) groups is 2. The van der Waals surface area contributed by atoms with Crippen molar-refractivity contribution in [2.24, 2.45) is 7.05 Å². The first-order valence-corrected chi connectivity index (χ1v) is 9.47. The number of tetrazole rings is 1. The Morgan fingerprint density at radius 2 is 2.00 bits per heavy atom. The Bertz CT molecular complexity index is 1210. The summed E-state index contributed by atoms with van der Waals surface area (Å²) in [4.78, 5) is 27.9. The van der Waals surface area contributed by atoms with Crippen LogP contribution in [0.2, 0.25) is 0 Å². The molecule has 4 rings (SSSR count). The number of carbonyl (C=O) groups excluding carboxylic acids is 2. The van der Waals surface area contributed by atoms with Gasteiger partial charge in [-0.1, -0.05) is 30.3 Å². The molecule has 0 aliphatic heterocycles. The SMILES string of the molecule is CC(=O)N[C@@H](Cc1c[nH]c2ccccc12)C(=O)Nc1cccc(-c2nnnn2C)c1. The Balaban J connectivity index is 1.56. The summed E-state index contributed by atoms with van der Waals surface area (Å²) in [6.07, 6.45) is 2.23. The van der Waals surface area contributed by atoms with Crippen LogP contribution in [-0.2, 0) is 23.1 Å². The molecule has 9 heteroatoms. The maximum absolute atomic E-state index is 13.0. The summed E-state index contributed by atoms with van der Waals surface area (Å²) in [6, 6.07) is 14.4. The van der Waals surface area contributed by atoms with Crippen LogP contribution in [0.3, 0.4) is 0 Å². The second kappa shape index (κ2) is 8.16. The Labute approximate surface area is 172 Å². The number of H-pyrrole nitrogens is 1. The molecule has 0 spiro atoms. The fraction of sp³-hybridized carbons (Fsp3) is 0.190. The second-order valence-electron chi connectivity index (χ2n) is 7.01. The van der Waals surface area contributed by atoms with E-state index >= 15 is 0 Å². The normalized spacial score (nSPS) is 11.9. The lowest BCUT2D eigenvalue weighted by atomic mass is 10.0. The zero-order valence-electron chi connectivity index (χ0n) is 16.6. The molecule has 2 amide bonds. The van der Waals surface area contributed by atoms with E-state index in [2.05, 4.69) is 31.1 Å². The molecule has 0 aliphatic rings. The molecule has 0 saturated carbocycles. The second-order valence-corrected chi connectivity index (χ2v) is 7.01. The van der Waals surface area contributed by atoms with Crippen LogP contribution in [0.25, 0.3) is 22.3 Å². The van der Waals surface area contributed by atoms with E-state index in [0.717, 1.165) is 22.0 Å². The third kappa shape index (κ3) is 4.04. The van der Waals surface area contributed by atoms with Crippen LogP contribution < -0.4 is 10.6 Å². The van der Waals surface area contributed by atoms with Crippen molar-refractivity contribution >= 4 is 28.4 Å². The lowest BCUT2D eigenvalue weighted by molar-refractivity contribution is -0.125. The van der Waals surface area contributed by atoms with Gasteiger partial charge >= 0.3 is 0 Å². The van der Waals surface area contributed by atoms with Crippen LogP contribution in [0.4, 0.5) is 5.69 Å². The van der Waals surface area contributed by atoms with Gasteiger partial charge in [0.15, 0.2) is 5.82 Å². The highest BCUT2D eigenvalue weighted by Crippen LogP contribution is 2.21. The van der Waals surface area contributed by atoms with Gasteiger partial charge in [0.2, 0.25) is 11.8 Å². The molecule has 9 nitrogen and oxygen atoms in total. The monoisotopic (exact) mass is 403 g/mol. The number of rotatable bonds is 6. The molecule has 0 unspecified atom stereocenters. The number of aromatic nitrogens is 5. The maximum Gasteiger partial charge on any atom is 0.247 e. The van der Waals surface area contributed by atoms with Crippen molar-refractivity contribution < 1.29 is 9.59 Å². The number of hydrogen-bond acceptors (Lipinski definition) is 5. The molecule has 0 aliphatic carbocycles. The van der Waals surface area contributed by atoms with Crippen molar-refractivity contribution in [2.45, 2.75) is 19.4 Å². The molecule has 3 N–H and O–H groups in total. The van der Waals surface area contributed by atoms with Crippen LogP contribution >= 0.6 is 0 Å². The molecular weight excluding hydrogens is 382 g/mol. The number of amides is 2. The molecule has 2 aromatic heterocycles. The number of nitrogens with zero attached hydrogens (tertiary/aromatic N) is 4. The molecule has 0 saturated heterocycles.